The predicted molar refractivity (Wildman–Crippen MR) is 72.0 cm³/mol. The molecule has 1 aromatic carbocycles. The number of amides is 1. The summed E-state index contributed by atoms with van der Waals surface area (Å²) in [6, 6.07) is 5.76. The van der Waals surface area contributed by atoms with E-state index in [0.29, 0.717) is 18.0 Å². The normalized spacial score (nSPS) is 16.9. The lowest BCUT2D eigenvalue weighted by atomic mass is 10.1. The Morgan fingerprint density at radius 2 is 2.16 bits per heavy atom. The summed E-state index contributed by atoms with van der Waals surface area (Å²) in [5, 5.41) is 7.86. The van der Waals surface area contributed by atoms with Crippen LogP contribution in [0.15, 0.2) is 29.2 Å². The first-order valence-corrected chi connectivity index (χ1v) is 7.83. The number of carbonyl (C=O) groups is 1. The number of hydrogen-bond acceptors (Lipinski definition) is 3. The Morgan fingerprint density at radius 1 is 1.47 bits per heavy atom. The first-order valence-electron chi connectivity index (χ1n) is 6.29. The number of hydrogen-bond donors (Lipinski definition) is 2. The highest BCUT2D eigenvalue weighted by Gasteiger charge is 2.27. The fraction of sp³-hybridized carbons (Fsp3) is 0.462. The number of benzene rings is 1. The van der Waals surface area contributed by atoms with Gasteiger partial charge < -0.3 is 5.32 Å². The van der Waals surface area contributed by atoms with Crippen molar-refractivity contribution in [1.29, 1.82) is 0 Å². The molecule has 2 rings (SSSR count). The lowest BCUT2D eigenvalue weighted by molar-refractivity contribution is 0.0946. The van der Waals surface area contributed by atoms with Gasteiger partial charge in [0.15, 0.2) is 0 Å². The van der Waals surface area contributed by atoms with Crippen molar-refractivity contribution in [2.75, 3.05) is 6.54 Å². The fourth-order valence-electron chi connectivity index (χ4n) is 2.00. The van der Waals surface area contributed by atoms with Crippen molar-refractivity contribution < 1.29 is 13.2 Å². The largest absolute Gasteiger partial charge is 0.352 e. The number of primary sulfonamides is 1. The summed E-state index contributed by atoms with van der Waals surface area (Å²) < 4.78 is 22.4. The smallest absolute Gasteiger partial charge is 0.251 e. The fourth-order valence-corrected chi connectivity index (χ4v) is 2.56. The molecule has 19 heavy (non-hydrogen) atoms. The Kier molecular flexibility index (Phi) is 3.91. The summed E-state index contributed by atoms with van der Waals surface area (Å²) >= 11 is 0. The van der Waals surface area contributed by atoms with E-state index in [1.165, 1.54) is 31.0 Å². The zero-order chi connectivity index (χ0) is 14.0. The predicted octanol–water partition coefficient (Wildman–Crippen LogP) is 1.11. The zero-order valence-electron chi connectivity index (χ0n) is 10.8. The number of nitrogens with one attached hydrogen (secondary N) is 1. The molecule has 1 aliphatic rings. The lowest BCUT2D eigenvalue weighted by Gasteiger charge is -2.11. The van der Waals surface area contributed by atoms with Crippen molar-refractivity contribution in [1.82, 2.24) is 5.32 Å². The van der Waals surface area contributed by atoms with Crippen LogP contribution in [0.2, 0.25) is 0 Å². The average Bonchev–Trinajstić information content (AvgIpc) is 3.19. The molecule has 3 N–H and O–H groups in total. The Hall–Kier alpha value is -1.40. The number of nitrogens with two attached hydrogens (primary N) is 1. The molecule has 1 amide bonds. The molecule has 1 fully saturated rings. The van der Waals surface area contributed by atoms with Crippen LogP contribution in [0.3, 0.4) is 0 Å². The SMILES string of the molecule is CC(CNC(=O)c1cccc(S(N)(=O)=O)c1)C1CC1. The Labute approximate surface area is 113 Å². The highest BCUT2D eigenvalue weighted by atomic mass is 32.2. The van der Waals surface area contributed by atoms with E-state index in [0.717, 1.165) is 5.92 Å². The van der Waals surface area contributed by atoms with Crippen molar-refractivity contribution in [3.8, 4) is 0 Å². The van der Waals surface area contributed by atoms with Crippen LogP contribution in [-0.2, 0) is 10.0 Å². The molecule has 0 bridgehead atoms. The Bertz CT molecular complexity index is 579. The van der Waals surface area contributed by atoms with E-state index < -0.39 is 10.0 Å². The first kappa shape index (κ1) is 14.0. The molecule has 1 aromatic rings. The number of rotatable bonds is 5. The van der Waals surface area contributed by atoms with Gasteiger partial charge in [-0.15, -0.1) is 0 Å². The second-order valence-corrected chi connectivity index (χ2v) is 6.66. The van der Waals surface area contributed by atoms with Crippen molar-refractivity contribution in [3.63, 3.8) is 0 Å². The van der Waals surface area contributed by atoms with Crippen LogP contribution in [0.1, 0.15) is 30.1 Å². The monoisotopic (exact) mass is 282 g/mol. The van der Waals surface area contributed by atoms with E-state index in [2.05, 4.69) is 12.2 Å². The van der Waals surface area contributed by atoms with Gasteiger partial charge >= 0.3 is 0 Å². The van der Waals surface area contributed by atoms with Crippen molar-refractivity contribution in [3.05, 3.63) is 29.8 Å². The third-order valence-electron chi connectivity index (χ3n) is 3.44. The summed E-state index contributed by atoms with van der Waals surface area (Å²) in [5.74, 6) is 0.916. The highest BCUT2D eigenvalue weighted by molar-refractivity contribution is 7.89. The van der Waals surface area contributed by atoms with Gasteiger partial charge in [-0.25, -0.2) is 13.6 Å². The highest BCUT2D eigenvalue weighted by Crippen LogP contribution is 2.36. The molecule has 1 atom stereocenters. The number of sulfonamides is 1. The summed E-state index contributed by atoms with van der Waals surface area (Å²) in [6.07, 6.45) is 2.47. The standard InChI is InChI=1S/C13H18N2O3S/c1-9(10-5-6-10)8-15-13(16)11-3-2-4-12(7-11)19(14,17)18/h2-4,7,9-10H,5-6,8H2,1H3,(H,15,16)(H2,14,17,18). The van der Waals surface area contributed by atoms with Gasteiger partial charge in [0.25, 0.3) is 5.91 Å². The van der Waals surface area contributed by atoms with Crippen LogP contribution in [0.4, 0.5) is 0 Å². The third kappa shape index (κ3) is 3.78. The molecule has 0 radical (unpaired) electrons. The van der Waals surface area contributed by atoms with Gasteiger partial charge in [-0.05, 0) is 42.9 Å². The second-order valence-electron chi connectivity index (χ2n) is 5.10. The second kappa shape index (κ2) is 5.30. The maximum absolute atomic E-state index is 11.9. The minimum Gasteiger partial charge on any atom is -0.352 e. The third-order valence-corrected chi connectivity index (χ3v) is 4.35. The van der Waals surface area contributed by atoms with Crippen LogP contribution in [0.5, 0.6) is 0 Å². The van der Waals surface area contributed by atoms with E-state index >= 15 is 0 Å². The summed E-state index contributed by atoms with van der Waals surface area (Å²) in [6.45, 7) is 2.72. The zero-order valence-corrected chi connectivity index (χ0v) is 11.6. The van der Waals surface area contributed by atoms with Crippen LogP contribution < -0.4 is 10.5 Å². The van der Waals surface area contributed by atoms with E-state index in [-0.39, 0.29) is 10.8 Å². The van der Waals surface area contributed by atoms with E-state index in [1.807, 2.05) is 0 Å². The van der Waals surface area contributed by atoms with Crippen LogP contribution in [0.25, 0.3) is 0 Å². The van der Waals surface area contributed by atoms with Gasteiger partial charge in [0.1, 0.15) is 0 Å². The molecule has 0 spiro atoms. The molecule has 5 nitrogen and oxygen atoms in total. The maximum Gasteiger partial charge on any atom is 0.251 e. The molecule has 0 heterocycles. The molecule has 1 unspecified atom stereocenters. The van der Waals surface area contributed by atoms with Gasteiger partial charge in [-0.2, -0.15) is 0 Å². The first-order chi connectivity index (χ1) is 8.88. The van der Waals surface area contributed by atoms with Gasteiger partial charge in [0.2, 0.25) is 10.0 Å². The van der Waals surface area contributed by atoms with Gasteiger partial charge in [0.05, 0.1) is 4.90 Å². The summed E-state index contributed by atoms with van der Waals surface area (Å²) in [5.41, 5.74) is 0.314. The summed E-state index contributed by atoms with van der Waals surface area (Å²) in [4.78, 5) is 11.9. The van der Waals surface area contributed by atoms with Crippen molar-refractivity contribution >= 4 is 15.9 Å². The average molecular weight is 282 g/mol. The quantitative estimate of drug-likeness (QED) is 0.847. The molecule has 0 saturated heterocycles. The molecule has 104 valence electrons. The molecule has 6 heteroatoms. The van der Waals surface area contributed by atoms with Crippen molar-refractivity contribution in [2.24, 2.45) is 17.0 Å². The molecule has 1 saturated carbocycles. The van der Waals surface area contributed by atoms with Gasteiger partial charge in [-0.1, -0.05) is 13.0 Å². The van der Waals surface area contributed by atoms with Crippen LogP contribution in [-0.4, -0.2) is 20.9 Å². The van der Waals surface area contributed by atoms with Crippen molar-refractivity contribution in [2.45, 2.75) is 24.7 Å². The molecule has 1 aliphatic carbocycles. The van der Waals surface area contributed by atoms with Gasteiger partial charge in [0, 0.05) is 12.1 Å². The molecule has 0 aromatic heterocycles. The molecule has 0 aliphatic heterocycles. The lowest BCUT2D eigenvalue weighted by Crippen LogP contribution is -2.29. The van der Waals surface area contributed by atoms with E-state index in [1.54, 1.807) is 6.07 Å². The molecular weight excluding hydrogens is 264 g/mol. The van der Waals surface area contributed by atoms with Crippen LogP contribution >= 0.6 is 0 Å². The number of carbonyl (C=O) groups excluding carboxylic acids is 1. The minimum absolute atomic E-state index is 0.0459. The van der Waals surface area contributed by atoms with Gasteiger partial charge in [-0.3, -0.25) is 4.79 Å². The van der Waals surface area contributed by atoms with E-state index in [9.17, 15) is 13.2 Å². The van der Waals surface area contributed by atoms with E-state index in [4.69, 9.17) is 5.14 Å². The Morgan fingerprint density at radius 3 is 2.74 bits per heavy atom. The topological polar surface area (TPSA) is 89.3 Å². The maximum atomic E-state index is 11.9. The summed E-state index contributed by atoms with van der Waals surface area (Å²) in [7, 11) is -3.77. The minimum atomic E-state index is -3.77. The molecular formula is C13H18N2O3S. The van der Waals surface area contributed by atoms with Crippen LogP contribution in [0, 0.1) is 11.8 Å². The Balaban J connectivity index is 2.02.